The van der Waals surface area contributed by atoms with Crippen LogP contribution in [0.15, 0.2) is 0 Å². The van der Waals surface area contributed by atoms with Gasteiger partial charge in [0.05, 0.1) is 51.8 Å². The summed E-state index contributed by atoms with van der Waals surface area (Å²) in [5, 5.41) is 0. The molecule has 0 aromatic carbocycles. The predicted octanol–water partition coefficient (Wildman–Crippen LogP) is 1.78. The molecule has 0 spiro atoms. The van der Waals surface area contributed by atoms with Gasteiger partial charge < -0.3 is 72.3 Å². The van der Waals surface area contributed by atoms with Crippen molar-refractivity contribution in [1.29, 1.82) is 0 Å². The van der Waals surface area contributed by atoms with Crippen LogP contribution < -0.4 is 34.4 Å². The van der Waals surface area contributed by atoms with Gasteiger partial charge in [-0.05, 0) is 73.4 Å². The summed E-state index contributed by atoms with van der Waals surface area (Å²) < 4.78 is 42.8. The second kappa shape index (κ2) is 42.5. The van der Waals surface area contributed by atoms with Crippen LogP contribution in [-0.4, -0.2) is 123 Å². The normalized spacial score (nSPS) is 13.2. The van der Waals surface area contributed by atoms with Gasteiger partial charge in [-0.15, -0.1) is 0 Å². The molecule has 0 heterocycles. The Hall–Kier alpha value is -0.560. The van der Waals surface area contributed by atoms with Gasteiger partial charge >= 0.3 is 0 Å². The molecule has 0 rings (SSSR count). The maximum atomic E-state index is 5.58. The van der Waals surface area contributed by atoms with E-state index in [4.69, 9.17) is 72.3 Å². The van der Waals surface area contributed by atoms with Gasteiger partial charge in [0.1, 0.15) is 0 Å². The van der Waals surface area contributed by atoms with Crippen LogP contribution >= 0.6 is 0 Å². The Bertz CT molecular complexity index is 507. The maximum Gasteiger partial charge on any atom is 0.155 e. The van der Waals surface area contributed by atoms with E-state index in [1.54, 1.807) is 0 Å². The van der Waals surface area contributed by atoms with Crippen LogP contribution in [0.2, 0.25) is 0 Å². The zero-order chi connectivity index (χ0) is 35.1. The number of nitrogens with two attached hydrogens (primary N) is 6. The third kappa shape index (κ3) is 45.6. The molecule has 2 atom stereocenters. The summed E-state index contributed by atoms with van der Waals surface area (Å²) in [6, 6.07) is 0. The van der Waals surface area contributed by atoms with E-state index < -0.39 is 0 Å². The largest absolute Gasteiger partial charge is 0.378 e. The van der Waals surface area contributed by atoms with Crippen molar-refractivity contribution in [2.24, 2.45) is 34.4 Å². The van der Waals surface area contributed by atoms with Gasteiger partial charge in [0.2, 0.25) is 0 Å². The molecule has 14 heteroatoms. The van der Waals surface area contributed by atoms with Gasteiger partial charge in [0.15, 0.2) is 18.9 Å². The Morgan fingerprint density at radius 2 is 0.696 bits per heavy atom. The first-order valence-corrected chi connectivity index (χ1v) is 17.3. The molecule has 46 heavy (non-hydrogen) atoms. The van der Waals surface area contributed by atoms with Crippen LogP contribution in [0.5, 0.6) is 0 Å². The van der Waals surface area contributed by atoms with Crippen molar-refractivity contribution >= 4 is 0 Å². The van der Waals surface area contributed by atoms with Gasteiger partial charge in [-0.1, -0.05) is 25.7 Å². The Balaban J connectivity index is -0.000000615. The quantitative estimate of drug-likeness (QED) is 0.0442. The fraction of sp³-hybridized carbons (Fsp3) is 1.00. The number of ether oxygens (including phenoxy) is 8. The fourth-order valence-electron chi connectivity index (χ4n) is 3.51. The number of hydrogen-bond acceptors (Lipinski definition) is 14. The van der Waals surface area contributed by atoms with E-state index in [-0.39, 0.29) is 31.1 Å². The van der Waals surface area contributed by atoms with Gasteiger partial charge in [0, 0.05) is 39.4 Å². The average molecular weight is 673 g/mol. The van der Waals surface area contributed by atoms with Crippen molar-refractivity contribution in [1.82, 2.24) is 0 Å². The molecular weight excluding hydrogens is 596 g/mol. The van der Waals surface area contributed by atoms with E-state index in [9.17, 15) is 0 Å². The fourth-order valence-corrected chi connectivity index (χ4v) is 3.51. The third-order valence-electron chi connectivity index (χ3n) is 6.10. The van der Waals surface area contributed by atoms with Gasteiger partial charge in [0.25, 0.3) is 0 Å². The first-order valence-electron chi connectivity index (χ1n) is 17.3. The molecule has 12 N–H and O–H groups in total. The lowest BCUT2D eigenvalue weighted by atomic mass is 10.2. The van der Waals surface area contributed by atoms with Crippen LogP contribution in [0.3, 0.4) is 0 Å². The van der Waals surface area contributed by atoms with E-state index >= 15 is 0 Å². The van der Waals surface area contributed by atoms with Crippen LogP contribution in [0.25, 0.3) is 0 Å². The monoisotopic (exact) mass is 673 g/mol. The topological polar surface area (TPSA) is 230 Å². The molecule has 0 aromatic heterocycles. The van der Waals surface area contributed by atoms with E-state index in [0.29, 0.717) is 65.8 Å². The first-order chi connectivity index (χ1) is 22.2. The predicted molar refractivity (Wildman–Crippen MR) is 186 cm³/mol. The molecule has 0 fully saturated rings. The van der Waals surface area contributed by atoms with Crippen molar-refractivity contribution < 1.29 is 37.9 Å². The molecule has 0 aliphatic heterocycles. The smallest absolute Gasteiger partial charge is 0.155 e. The van der Waals surface area contributed by atoms with Crippen molar-refractivity contribution in [2.45, 2.75) is 117 Å². The Morgan fingerprint density at radius 3 is 1.02 bits per heavy atom. The zero-order valence-electron chi connectivity index (χ0n) is 30.2. The minimum Gasteiger partial charge on any atom is -0.378 e. The Morgan fingerprint density at radius 1 is 0.348 bits per heavy atom. The second-order valence-electron chi connectivity index (χ2n) is 10.8. The molecule has 0 saturated heterocycles. The minimum absolute atomic E-state index is 0.0324. The molecule has 0 aromatic rings. The van der Waals surface area contributed by atoms with E-state index in [1.807, 2.05) is 34.6 Å². The molecule has 0 bridgehead atoms. The first kappa shape index (κ1) is 49.8. The summed E-state index contributed by atoms with van der Waals surface area (Å²) in [5.41, 5.74) is 32.1. The number of hydrogen-bond donors (Lipinski definition) is 6. The van der Waals surface area contributed by atoms with E-state index in [0.717, 1.165) is 52.0 Å². The molecule has 14 nitrogen and oxygen atoms in total. The molecule has 2 unspecified atom stereocenters. The van der Waals surface area contributed by atoms with E-state index in [1.165, 1.54) is 25.7 Å². The number of unbranched alkanes of at least 4 members (excludes halogenated alkanes) is 6. The highest BCUT2D eigenvalue weighted by atomic mass is 16.7. The van der Waals surface area contributed by atoms with Crippen LogP contribution in [0.4, 0.5) is 0 Å². The second-order valence-corrected chi connectivity index (χ2v) is 10.8. The summed E-state index contributed by atoms with van der Waals surface area (Å²) in [4.78, 5) is 0. The average Bonchev–Trinajstić information content (AvgIpc) is 3.04. The molecule has 0 aliphatic carbocycles. The number of rotatable bonds is 32. The lowest BCUT2D eigenvalue weighted by Crippen LogP contribution is -2.31. The summed E-state index contributed by atoms with van der Waals surface area (Å²) in [6.07, 6.45) is 8.75. The minimum atomic E-state index is -0.247. The standard InChI is InChI=1S/C14H32N2O2.C10H24N2O4.C8H20N2O2/c1-14(17-12-8-4-2-6-10-15)18-13-9-5-3-7-11-16;1-10(15-8-6-13-4-2-11)16-9-7-14-5-3-12;1-6(4-9)11-8(3)12-7(2)5-10/h14H,2-13,15-16H2,1H3;10H,2-9,11-12H2,1H3;6-8H,4-5,9-10H2,1-3H3. The van der Waals surface area contributed by atoms with Gasteiger partial charge in [-0.3, -0.25) is 0 Å². The molecule has 0 saturated carbocycles. The maximum absolute atomic E-state index is 5.58. The zero-order valence-corrected chi connectivity index (χ0v) is 30.2. The summed E-state index contributed by atoms with van der Waals surface area (Å²) in [6.45, 7) is 17.9. The van der Waals surface area contributed by atoms with Crippen LogP contribution in [0, 0.1) is 0 Å². The SMILES string of the molecule is CC(CN)OC(C)OC(C)CN.CC(OCCCCCCN)OCCCCCCN.CC(OCCOCCN)OCCOCCN. The Kier molecular flexibility index (Phi) is 46.0. The van der Waals surface area contributed by atoms with Gasteiger partial charge in [-0.2, -0.15) is 0 Å². The summed E-state index contributed by atoms with van der Waals surface area (Å²) in [5.74, 6) is 0. The van der Waals surface area contributed by atoms with Crippen LogP contribution in [0.1, 0.15) is 86.0 Å². The highest BCUT2D eigenvalue weighted by Gasteiger charge is 2.10. The molecule has 0 aliphatic rings. The lowest BCUT2D eigenvalue weighted by molar-refractivity contribution is -0.173. The highest BCUT2D eigenvalue weighted by Crippen LogP contribution is 2.04. The van der Waals surface area contributed by atoms with Crippen molar-refractivity contribution in [3.63, 3.8) is 0 Å². The molecule has 0 amide bonds. The molecule has 0 radical (unpaired) electrons. The van der Waals surface area contributed by atoms with Crippen molar-refractivity contribution in [3.8, 4) is 0 Å². The van der Waals surface area contributed by atoms with Crippen LogP contribution in [-0.2, 0) is 37.9 Å². The highest BCUT2D eigenvalue weighted by molar-refractivity contribution is 4.53. The third-order valence-corrected chi connectivity index (χ3v) is 6.10. The summed E-state index contributed by atoms with van der Waals surface area (Å²) >= 11 is 0. The Labute approximate surface area is 281 Å². The lowest BCUT2D eigenvalue weighted by Gasteiger charge is -2.21. The summed E-state index contributed by atoms with van der Waals surface area (Å²) in [7, 11) is 0. The van der Waals surface area contributed by atoms with Crippen molar-refractivity contribution in [3.05, 3.63) is 0 Å². The van der Waals surface area contributed by atoms with Gasteiger partial charge in [-0.25, -0.2) is 0 Å². The van der Waals surface area contributed by atoms with Crippen molar-refractivity contribution in [2.75, 3.05) is 92.1 Å². The molecule has 282 valence electrons. The molecular formula is C32H76N6O8. The van der Waals surface area contributed by atoms with E-state index in [2.05, 4.69) is 0 Å².